The number of allylic oxidation sites excluding steroid dienone is 1. The molecule has 0 spiro atoms. The van der Waals surface area contributed by atoms with Crippen LogP contribution in [0.2, 0.25) is 0 Å². The van der Waals surface area contributed by atoms with Crippen LogP contribution in [0.3, 0.4) is 0 Å². The summed E-state index contributed by atoms with van der Waals surface area (Å²) in [5.41, 5.74) is 0. The van der Waals surface area contributed by atoms with E-state index in [1.165, 1.54) is 6.92 Å². The molecule has 0 aliphatic rings. The van der Waals surface area contributed by atoms with Crippen LogP contribution in [0.5, 0.6) is 0 Å². The summed E-state index contributed by atoms with van der Waals surface area (Å²) >= 11 is 0. The summed E-state index contributed by atoms with van der Waals surface area (Å²) < 4.78 is 33.2. The Morgan fingerprint density at radius 1 is 1.55 bits per heavy atom. The van der Waals surface area contributed by atoms with Crippen LogP contribution in [0.4, 0.5) is 0 Å². The highest BCUT2D eigenvalue weighted by Crippen LogP contribution is 2.04. The number of esters is 1. The summed E-state index contributed by atoms with van der Waals surface area (Å²) in [6, 6.07) is 0. The highest BCUT2D eigenvalue weighted by molar-refractivity contribution is 7.90. The summed E-state index contributed by atoms with van der Waals surface area (Å²) in [6.07, 6.45) is 0.959. The molecule has 0 fully saturated rings. The molecule has 0 amide bonds. The van der Waals surface area contributed by atoms with Crippen LogP contribution in [0.1, 0.15) is 6.92 Å². The van der Waals surface area contributed by atoms with Gasteiger partial charge in [0, 0.05) is 0 Å². The van der Waals surface area contributed by atoms with Gasteiger partial charge in [0.2, 0.25) is 0 Å². The van der Waals surface area contributed by atoms with E-state index in [4.69, 9.17) is 4.55 Å². The monoisotopic (exact) mass is 180 g/mol. The summed E-state index contributed by atoms with van der Waals surface area (Å²) in [7, 11) is -3.41. The van der Waals surface area contributed by atoms with Gasteiger partial charge < -0.3 is 4.74 Å². The van der Waals surface area contributed by atoms with Gasteiger partial charge in [-0.1, -0.05) is 6.08 Å². The predicted octanol–water partition coefficient (Wildman–Crippen LogP) is -0.0490. The minimum absolute atomic E-state index is 0.750. The molecule has 1 N–H and O–H groups in total. The first-order valence-electron chi connectivity index (χ1n) is 2.65. The molecule has 0 rings (SSSR count). The molecular weight excluding hydrogens is 172 g/mol. The van der Waals surface area contributed by atoms with Gasteiger partial charge in [-0.15, -0.1) is 0 Å². The van der Waals surface area contributed by atoms with Crippen LogP contribution in [-0.2, 0) is 19.6 Å². The molecule has 0 unspecified atom stereocenters. The fourth-order valence-corrected chi connectivity index (χ4v) is 1.06. The van der Waals surface area contributed by atoms with Crippen molar-refractivity contribution in [2.24, 2.45) is 0 Å². The summed E-state index contributed by atoms with van der Waals surface area (Å²) in [5, 5.41) is 0. The van der Waals surface area contributed by atoms with Crippen molar-refractivity contribution in [2.75, 3.05) is 7.11 Å². The van der Waals surface area contributed by atoms with Gasteiger partial charge in [0.15, 0.2) is 4.91 Å². The van der Waals surface area contributed by atoms with Gasteiger partial charge in [-0.25, -0.2) is 4.79 Å². The van der Waals surface area contributed by atoms with E-state index in [-0.39, 0.29) is 0 Å². The maximum Gasteiger partial charge on any atom is 0.351 e. The zero-order valence-electron chi connectivity index (χ0n) is 6.07. The van der Waals surface area contributed by atoms with Crippen LogP contribution in [-0.4, -0.2) is 26.0 Å². The van der Waals surface area contributed by atoms with Crippen molar-refractivity contribution in [3.05, 3.63) is 11.0 Å². The minimum Gasteiger partial charge on any atom is -0.465 e. The van der Waals surface area contributed by atoms with Gasteiger partial charge in [-0.05, 0) is 6.92 Å². The first kappa shape index (κ1) is 10.1. The SMILES string of the molecule is CC=C(C(=O)OC)S(=O)(=O)O. The second kappa shape index (κ2) is 3.49. The Labute approximate surface area is 64.4 Å². The van der Waals surface area contributed by atoms with E-state index in [0.717, 1.165) is 13.2 Å². The van der Waals surface area contributed by atoms with Crippen LogP contribution >= 0.6 is 0 Å². The van der Waals surface area contributed by atoms with Gasteiger partial charge in [-0.2, -0.15) is 8.42 Å². The highest BCUT2D eigenvalue weighted by atomic mass is 32.2. The lowest BCUT2D eigenvalue weighted by atomic mass is 10.5. The number of carbonyl (C=O) groups is 1. The topological polar surface area (TPSA) is 80.7 Å². The molecule has 0 aliphatic heterocycles. The van der Waals surface area contributed by atoms with Crippen LogP contribution < -0.4 is 0 Å². The Morgan fingerprint density at radius 3 is 2.09 bits per heavy atom. The fraction of sp³-hybridized carbons (Fsp3) is 0.400. The molecule has 64 valence electrons. The van der Waals surface area contributed by atoms with Crippen molar-refractivity contribution in [1.82, 2.24) is 0 Å². The molecule has 0 aliphatic carbocycles. The Kier molecular flexibility index (Phi) is 3.21. The lowest BCUT2D eigenvalue weighted by Crippen LogP contribution is -2.13. The molecule has 0 radical (unpaired) electrons. The first-order chi connectivity index (χ1) is 4.93. The Bertz CT molecular complexity index is 273. The Hall–Kier alpha value is -0.880. The van der Waals surface area contributed by atoms with Crippen LogP contribution in [0.25, 0.3) is 0 Å². The molecule has 6 heteroatoms. The third kappa shape index (κ3) is 2.69. The molecule has 0 atom stereocenters. The number of ether oxygens (including phenoxy) is 1. The minimum atomic E-state index is -4.44. The molecule has 11 heavy (non-hydrogen) atoms. The summed E-state index contributed by atoms with van der Waals surface area (Å²) in [6.45, 7) is 1.31. The van der Waals surface area contributed by atoms with Gasteiger partial charge >= 0.3 is 16.1 Å². The summed E-state index contributed by atoms with van der Waals surface area (Å²) in [5.74, 6) is -1.07. The number of hydrogen-bond acceptors (Lipinski definition) is 4. The van der Waals surface area contributed by atoms with Gasteiger partial charge in [0.25, 0.3) is 0 Å². The van der Waals surface area contributed by atoms with E-state index in [0.29, 0.717) is 0 Å². The van der Waals surface area contributed by atoms with Crippen molar-refractivity contribution in [3.8, 4) is 0 Å². The smallest absolute Gasteiger partial charge is 0.351 e. The van der Waals surface area contributed by atoms with E-state index >= 15 is 0 Å². The number of carbonyl (C=O) groups excluding carboxylic acids is 1. The normalized spacial score (nSPS) is 12.8. The van der Waals surface area contributed by atoms with Crippen LogP contribution in [0.15, 0.2) is 11.0 Å². The lowest BCUT2D eigenvalue weighted by Gasteiger charge is -1.98. The third-order valence-corrected chi connectivity index (χ3v) is 1.88. The van der Waals surface area contributed by atoms with E-state index in [9.17, 15) is 13.2 Å². The number of rotatable bonds is 2. The molecule has 0 heterocycles. The predicted molar refractivity (Wildman–Crippen MR) is 37.3 cm³/mol. The average molecular weight is 180 g/mol. The second-order valence-electron chi connectivity index (χ2n) is 1.62. The molecule has 0 saturated carbocycles. The molecule has 0 aromatic carbocycles. The largest absolute Gasteiger partial charge is 0.465 e. The Morgan fingerprint density at radius 2 is 2.00 bits per heavy atom. The molecule has 0 aromatic heterocycles. The molecule has 0 bridgehead atoms. The molecule has 0 saturated heterocycles. The number of hydrogen-bond donors (Lipinski definition) is 1. The number of methoxy groups -OCH3 is 1. The zero-order valence-corrected chi connectivity index (χ0v) is 6.88. The maximum atomic E-state index is 10.6. The first-order valence-corrected chi connectivity index (χ1v) is 4.09. The third-order valence-electron chi connectivity index (χ3n) is 0.927. The lowest BCUT2D eigenvalue weighted by molar-refractivity contribution is -0.135. The fourth-order valence-electron chi connectivity index (χ4n) is 0.473. The van der Waals surface area contributed by atoms with Gasteiger partial charge in [0.05, 0.1) is 7.11 Å². The van der Waals surface area contributed by atoms with E-state index in [1.807, 2.05) is 0 Å². The van der Waals surface area contributed by atoms with Gasteiger partial charge in [-0.3, -0.25) is 4.55 Å². The second-order valence-corrected chi connectivity index (χ2v) is 3.01. The van der Waals surface area contributed by atoms with Crippen molar-refractivity contribution < 1.29 is 22.5 Å². The van der Waals surface area contributed by atoms with E-state index in [2.05, 4.69) is 4.74 Å². The van der Waals surface area contributed by atoms with Crippen molar-refractivity contribution in [2.45, 2.75) is 6.92 Å². The molecule has 0 aromatic rings. The maximum absolute atomic E-state index is 10.6. The van der Waals surface area contributed by atoms with Crippen LogP contribution in [0, 0.1) is 0 Å². The molecular formula is C5H8O5S. The van der Waals surface area contributed by atoms with Gasteiger partial charge in [0.1, 0.15) is 0 Å². The van der Waals surface area contributed by atoms with E-state index in [1.54, 1.807) is 0 Å². The zero-order chi connectivity index (χ0) is 9.07. The Balaban J connectivity index is 4.89. The van der Waals surface area contributed by atoms with E-state index < -0.39 is 21.0 Å². The highest BCUT2D eigenvalue weighted by Gasteiger charge is 2.21. The van der Waals surface area contributed by atoms with Crippen molar-refractivity contribution >= 4 is 16.1 Å². The van der Waals surface area contributed by atoms with Crippen molar-refractivity contribution in [1.29, 1.82) is 0 Å². The summed E-state index contributed by atoms with van der Waals surface area (Å²) in [4.78, 5) is 9.81. The standard InChI is InChI=1S/C5H8O5S/c1-3-4(5(6)10-2)11(7,8)9/h3H,1-2H3,(H,7,8,9). The average Bonchev–Trinajstić information content (AvgIpc) is 1.86. The molecule has 5 nitrogen and oxygen atoms in total. The quantitative estimate of drug-likeness (QED) is 0.366. The van der Waals surface area contributed by atoms with Crippen molar-refractivity contribution in [3.63, 3.8) is 0 Å².